The van der Waals surface area contributed by atoms with Crippen LogP contribution in [-0.4, -0.2) is 27.0 Å². The summed E-state index contributed by atoms with van der Waals surface area (Å²) in [5.41, 5.74) is 1.09. The molecule has 0 aliphatic rings. The van der Waals surface area contributed by atoms with Crippen molar-refractivity contribution in [1.82, 2.24) is 9.55 Å². The van der Waals surface area contributed by atoms with Crippen LogP contribution in [0.1, 0.15) is 6.42 Å². The van der Waals surface area contributed by atoms with E-state index in [0.29, 0.717) is 44.0 Å². The molecule has 3 rings (SSSR count). The summed E-state index contributed by atoms with van der Waals surface area (Å²) in [5, 5.41) is 11.2. The third-order valence-electron chi connectivity index (χ3n) is 3.42. The Morgan fingerprint density at radius 3 is 2.50 bits per heavy atom. The monoisotopic (exact) mass is 380 g/mol. The number of aliphatic hydroxyl groups excluding tert-OH is 1. The molecule has 0 atom stereocenters. The van der Waals surface area contributed by atoms with Gasteiger partial charge in [-0.15, -0.1) is 0 Å². The van der Waals surface area contributed by atoms with Gasteiger partial charge in [-0.2, -0.15) is 0 Å². The third-order valence-corrected chi connectivity index (χ3v) is 4.93. The molecule has 0 fully saturated rings. The van der Waals surface area contributed by atoms with Gasteiger partial charge in [-0.25, -0.2) is 4.98 Å². The molecule has 2 aromatic carbocycles. The van der Waals surface area contributed by atoms with Crippen LogP contribution in [-0.2, 0) is 0 Å². The number of halogens is 2. The smallest absolute Gasteiger partial charge is 0.266 e. The van der Waals surface area contributed by atoms with E-state index in [1.807, 2.05) is 0 Å². The van der Waals surface area contributed by atoms with Crippen LogP contribution in [0.25, 0.3) is 16.6 Å². The van der Waals surface area contributed by atoms with Gasteiger partial charge in [0.15, 0.2) is 5.16 Å². The van der Waals surface area contributed by atoms with E-state index in [1.165, 1.54) is 11.8 Å². The number of benzene rings is 2. The van der Waals surface area contributed by atoms with Gasteiger partial charge in [0.05, 0.1) is 16.6 Å². The number of aromatic nitrogens is 2. The number of hydrogen-bond donors (Lipinski definition) is 1. The maximum Gasteiger partial charge on any atom is 0.266 e. The number of thioether (sulfide) groups is 1. The summed E-state index contributed by atoms with van der Waals surface area (Å²) in [4.78, 5) is 17.6. The topological polar surface area (TPSA) is 55.1 Å². The van der Waals surface area contributed by atoms with Crippen LogP contribution in [0, 0.1) is 0 Å². The molecule has 0 aliphatic heterocycles. The number of fused-ring (bicyclic) bond motifs is 1. The van der Waals surface area contributed by atoms with Crippen molar-refractivity contribution in [2.75, 3.05) is 12.4 Å². The van der Waals surface area contributed by atoms with Crippen molar-refractivity contribution in [3.8, 4) is 5.69 Å². The first-order valence-corrected chi connectivity index (χ1v) is 9.06. The van der Waals surface area contributed by atoms with Crippen molar-refractivity contribution >= 4 is 45.9 Å². The highest BCUT2D eigenvalue weighted by molar-refractivity contribution is 7.99. The highest BCUT2D eigenvalue weighted by atomic mass is 35.5. The molecular weight excluding hydrogens is 367 g/mol. The van der Waals surface area contributed by atoms with Crippen molar-refractivity contribution < 1.29 is 5.11 Å². The predicted molar refractivity (Wildman–Crippen MR) is 99.8 cm³/mol. The highest BCUT2D eigenvalue weighted by Gasteiger charge is 2.13. The molecular formula is C17H14Cl2N2O2S. The Kier molecular flexibility index (Phi) is 5.46. The van der Waals surface area contributed by atoms with Gasteiger partial charge >= 0.3 is 0 Å². The van der Waals surface area contributed by atoms with E-state index in [0.717, 1.165) is 0 Å². The zero-order chi connectivity index (χ0) is 17.1. The molecule has 1 heterocycles. The van der Waals surface area contributed by atoms with E-state index < -0.39 is 0 Å². The van der Waals surface area contributed by atoms with Crippen molar-refractivity contribution in [2.45, 2.75) is 11.6 Å². The summed E-state index contributed by atoms with van der Waals surface area (Å²) in [6.07, 6.45) is 0.620. The lowest BCUT2D eigenvalue weighted by molar-refractivity contribution is 0.296. The number of hydrogen-bond acceptors (Lipinski definition) is 4. The highest BCUT2D eigenvalue weighted by Crippen LogP contribution is 2.24. The second kappa shape index (κ2) is 7.57. The Balaban J connectivity index is 2.21. The van der Waals surface area contributed by atoms with Crippen LogP contribution in [0.3, 0.4) is 0 Å². The molecule has 3 aromatic rings. The largest absolute Gasteiger partial charge is 0.396 e. The Morgan fingerprint density at radius 2 is 1.79 bits per heavy atom. The summed E-state index contributed by atoms with van der Waals surface area (Å²) < 4.78 is 1.56. The first-order chi connectivity index (χ1) is 11.6. The fraction of sp³-hybridized carbons (Fsp3) is 0.176. The van der Waals surface area contributed by atoms with Gasteiger partial charge in [0.1, 0.15) is 0 Å². The molecule has 0 unspecified atom stereocenters. The van der Waals surface area contributed by atoms with Gasteiger partial charge < -0.3 is 5.11 Å². The minimum atomic E-state index is -0.162. The molecule has 0 saturated heterocycles. The maximum absolute atomic E-state index is 13.0. The van der Waals surface area contributed by atoms with E-state index in [2.05, 4.69) is 4.98 Å². The zero-order valence-corrected chi connectivity index (χ0v) is 14.9. The van der Waals surface area contributed by atoms with Crippen LogP contribution in [0.15, 0.2) is 52.4 Å². The average molecular weight is 381 g/mol. The molecule has 7 heteroatoms. The molecule has 0 radical (unpaired) electrons. The normalized spacial score (nSPS) is 11.1. The van der Waals surface area contributed by atoms with Crippen LogP contribution < -0.4 is 5.56 Å². The summed E-state index contributed by atoms with van der Waals surface area (Å²) in [6.45, 7) is 0.0948. The first kappa shape index (κ1) is 17.3. The summed E-state index contributed by atoms with van der Waals surface area (Å²) >= 11 is 13.4. The molecule has 0 saturated carbocycles. The minimum absolute atomic E-state index is 0.0948. The van der Waals surface area contributed by atoms with Gasteiger partial charge in [-0.05, 0) is 48.9 Å². The minimum Gasteiger partial charge on any atom is -0.396 e. The standard InChI is InChI=1S/C17H14Cl2N2O2S/c18-11-2-5-13(6-3-11)21-16(23)14-7-4-12(19)10-15(14)20-17(21)24-9-1-8-22/h2-7,10,22H,1,8-9H2. The summed E-state index contributed by atoms with van der Waals surface area (Å²) in [6, 6.07) is 12.1. The number of nitrogens with zero attached hydrogens (tertiary/aromatic N) is 2. The van der Waals surface area contributed by atoms with E-state index in [-0.39, 0.29) is 12.2 Å². The lowest BCUT2D eigenvalue weighted by atomic mass is 10.2. The van der Waals surface area contributed by atoms with Gasteiger partial charge in [0.2, 0.25) is 0 Å². The Hall–Kier alpha value is -1.53. The fourth-order valence-corrected chi connectivity index (χ4v) is 3.51. The molecule has 0 amide bonds. The lowest BCUT2D eigenvalue weighted by Crippen LogP contribution is -2.21. The Bertz CT molecular complexity index is 926. The summed E-state index contributed by atoms with van der Waals surface area (Å²) in [5.74, 6) is 0.655. The van der Waals surface area contributed by atoms with Crippen molar-refractivity contribution in [3.05, 3.63) is 62.9 Å². The van der Waals surface area contributed by atoms with Crippen LogP contribution in [0.4, 0.5) is 0 Å². The molecule has 0 spiro atoms. The predicted octanol–water partition coefficient (Wildman–Crippen LogP) is 4.17. The van der Waals surface area contributed by atoms with E-state index >= 15 is 0 Å². The van der Waals surface area contributed by atoms with Crippen LogP contribution in [0.2, 0.25) is 10.0 Å². The van der Waals surface area contributed by atoms with E-state index in [4.69, 9.17) is 28.3 Å². The molecule has 1 aromatic heterocycles. The average Bonchev–Trinajstić information content (AvgIpc) is 2.56. The van der Waals surface area contributed by atoms with Crippen LogP contribution in [0.5, 0.6) is 0 Å². The van der Waals surface area contributed by atoms with Crippen molar-refractivity contribution in [3.63, 3.8) is 0 Å². The molecule has 0 aliphatic carbocycles. The second-order valence-electron chi connectivity index (χ2n) is 5.10. The zero-order valence-electron chi connectivity index (χ0n) is 12.6. The van der Waals surface area contributed by atoms with Crippen LogP contribution >= 0.6 is 35.0 Å². The van der Waals surface area contributed by atoms with Crippen molar-refractivity contribution in [2.24, 2.45) is 0 Å². The van der Waals surface area contributed by atoms with Crippen molar-refractivity contribution in [1.29, 1.82) is 0 Å². The third kappa shape index (κ3) is 3.59. The SMILES string of the molecule is O=c1c2ccc(Cl)cc2nc(SCCCO)n1-c1ccc(Cl)cc1. The molecule has 124 valence electrons. The van der Waals surface area contributed by atoms with E-state index in [9.17, 15) is 4.79 Å². The first-order valence-electron chi connectivity index (χ1n) is 7.32. The number of aliphatic hydroxyl groups is 1. The summed E-state index contributed by atoms with van der Waals surface area (Å²) in [7, 11) is 0. The van der Waals surface area contributed by atoms with Gasteiger partial charge in [-0.1, -0.05) is 35.0 Å². The van der Waals surface area contributed by atoms with Gasteiger partial charge in [0.25, 0.3) is 5.56 Å². The molecule has 24 heavy (non-hydrogen) atoms. The lowest BCUT2D eigenvalue weighted by Gasteiger charge is -2.13. The molecule has 4 nitrogen and oxygen atoms in total. The molecule has 0 bridgehead atoms. The maximum atomic E-state index is 13.0. The fourth-order valence-electron chi connectivity index (χ4n) is 2.28. The number of rotatable bonds is 5. The quantitative estimate of drug-likeness (QED) is 0.410. The van der Waals surface area contributed by atoms with Gasteiger partial charge in [-0.3, -0.25) is 9.36 Å². The Labute approximate surface area is 153 Å². The Morgan fingerprint density at radius 1 is 1.08 bits per heavy atom. The molecule has 1 N–H and O–H groups in total. The second-order valence-corrected chi connectivity index (χ2v) is 7.03. The van der Waals surface area contributed by atoms with E-state index in [1.54, 1.807) is 47.0 Å². The van der Waals surface area contributed by atoms with Gasteiger partial charge in [0, 0.05) is 22.4 Å².